The fraction of sp³-hybridized carbons (Fsp3) is 0.733. The summed E-state index contributed by atoms with van der Waals surface area (Å²) >= 11 is 0. The lowest BCUT2D eigenvalue weighted by Crippen LogP contribution is -2.39. The molecule has 21 heavy (non-hydrogen) atoms. The predicted octanol–water partition coefficient (Wildman–Crippen LogP) is 0.612. The molecule has 0 spiro atoms. The molecule has 116 valence electrons. The molecule has 2 aliphatic rings. The summed E-state index contributed by atoms with van der Waals surface area (Å²) in [5.74, 6) is 0.0888. The number of H-pyrrole nitrogens is 1. The van der Waals surface area contributed by atoms with Crippen LogP contribution >= 0.6 is 0 Å². The van der Waals surface area contributed by atoms with Crippen LogP contribution in [0.1, 0.15) is 42.0 Å². The van der Waals surface area contributed by atoms with Crippen LogP contribution < -0.4 is 5.32 Å². The lowest BCUT2D eigenvalue weighted by Gasteiger charge is -2.26. The second-order valence-electron chi connectivity index (χ2n) is 5.87. The maximum Gasteiger partial charge on any atom is 0.274 e. The van der Waals surface area contributed by atoms with Gasteiger partial charge in [0.05, 0.1) is 0 Å². The van der Waals surface area contributed by atoms with Crippen molar-refractivity contribution in [2.24, 2.45) is 0 Å². The zero-order valence-electron chi connectivity index (χ0n) is 13.0. The van der Waals surface area contributed by atoms with Crippen LogP contribution in [-0.4, -0.2) is 64.7 Å². The van der Waals surface area contributed by atoms with Gasteiger partial charge >= 0.3 is 0 Å². The second-order valence-corrected chi connectivity index (χ2v) is 5.87. The molecule has 2 aliphatic heterocycles. The minimum atomic E-state index is 0.0888. The van der Waals surface area contributed by atoms with Gasteiger partial charge < -0.3 is 10.2 Å². The Balaban J connectivity index is 1.71. The normalized spacial score (nSPS) is 21.9. The van der Waals surface area contributed by atoms with Crippen LogP contribution in [0.15, 0.2) is 0 Å². The van der Waals surface area contributed by atoms with Gasteiger partial charge in [-0.2, -0.15) is 5.10 Å². The van der Waals surface area contributed by atoms with Gasteiger partial charge in [-0.25, -0.2) is 0 Å². The monoisotopic (exact) mass is 291 g/mol. The third-order valence-electron chi connectivity index (χ3n) is 4.79. The highest BCUT2D eigenvalue weighted by Crippen LogP contribution is 2.21. The number of carbonyl (C=O) groups excluding carboxylic acids is 1. The van der Waals surface area contributed by atoms with E-state index in [1.165, 1.54) is 0 Å². The molecule has 2 N–H and O–H groups in total. The summed E-state index contributed by atoms with van der Waals surface area (Å²) in [6, 6.07) is 0.497. The first-order valence-electron chi connectivity index (χ1n) is 8.04. The molecule has 1 amide bonds. The number of likely N-dealkylation sites (N-methyl/N-ethyl adjacent to an activating group) is 1. The molecule has 1 aromatic rings. The van der Waals surface area contributed by atoms with Gasteiger partial charge in [0.1, 0.15) is 0 Å². The van der Waals surface area contributed by atoms with Gasteiger partial charge in [-0.3, -0.25) is 14.8 Å². The zero-order valence-corrected chi connectivity index (χ0v) is 13.0. The van der Waals surface area contributed by atoms with Gasteiger partial charge in [0, 0.05) is 49.9 Å². The first-order chi connectivity index (χ1) is 10.2. The van der Waals surface area contributed by atoms with Crippen LogP contribution in [0.5, 0.6) is 0 Å². The Bertz CT molecular complexity index is 508. The van der Waals surface area contributed by atoms with Crippen LogP contribution in [-0.2, 0) is 13.0 Å². The number of rotatable bonds is 4. The van der Waals surface area contributed by atoms with Crippen molar-refractivity contribution in [1.82, 2.24) is 25.3 Å². The summed E-state index contributed by atoms with van der Waals surface area (Å²) in [5, 5.41) is 10.6. The SMILES string of the molecule is CCN(CC)C1CCN(C(=O)c2n[nH]c3c2CNCC3)C1. The summed E-state index contributed by atoms with van der Waals surface area (Å²) in [6.07, 6.45) is 2.00. The summed E-state index contributed by atoms with van der Waals surface area (Å²) in [7, 11) is 0. The molecule has 0 saturated carbocycles. The number of nitrogens with zero attached hydrogens (tertiary/aromatic N) is 3. The Morgan fingerprint density at radius 1 is 1.43 bits per heavy atom. The largest absolute Gasteiger partial charge is 0.336 e. The van der Waals surface area contributed by atoms with E-state index >= 15 is 0 Å². The Labute approximate surface area is 125 Å². The van der Waals surface area contributed by atoms with E-state index < -0.39 is 0 Å². The smallest absolute Gasteiger partial charge is 0.274 e. The van der Waals surface area contributed by atoms with Crippen LogP contribution in [0.4, 0.5) is 0 Å². The van der Waals surface area contributed by atoms with Gasteiger partial charge in [0.2, 0.25) is 0 Å². The highest BCUT2D eigenvalue weighted by atomic mass is 16.2. The number of aromatic nitrogens is 2. The summed E-state index contributed by atoms with van der Waals surface area (Å²) in [4.78, 5) is 17.1. The predicted molar refractivity (Wildman–Crippen MR) is 81.2 cm³/mol. The molecule has 0 bridgehead atoms. The van der Waals surface area contributed by atoms with Crippen LogP contribution in [0.2, 0.25) is 0 Å². The molecular formula is C15H25N5O. The molecule has 1 saturated heterocycles. The van der Waals surface area contributed by atoms with E-state index in [-0.39, 0.29) is 5.91 Å². The highest BCUT2D eigenvalue weighted by molar-refractivity contribution is 5.94. The molecule has 3 heterocycles. The Morgan fingerprint density at radius 2 is 2.24 bits per heavy atom. The van der Waals surface area contributed by atoms with Crippen LogP contribution in [0.3, 0.4) is 0 Å². The number of fused-ring (bicyclic) bond motifs is 1. The summed E-state index contributed by atoms with van der Waals surface area (Å²) in [6.45, 7) is 9.84. The van der Waals surface area contributed by atoms with E-state index in [1.54, 1.807) is 0 Å². The van der Waals surface area contributed by atoms with Gasteiger partial charge in [-0.15, -0.1) is 0 Å². The average molecular weight is 291 g/mol. The maximum atomic E-state index is 12.7. The lowest BCUT2D eigenvalue weighted by atomic mass is 10.1. The molecular weight excluding hydrogens is 266 g/mol. The molecule has 1 fully saturated rings. The highest BCUT2D eigenvalue weighted by Gasteiger charge is 2.32. The number of nitrogens with one attached hydrogen (secondary N) is 2. The van der Waals surface area contributed by atoms with Crippen molar-refractivity contribution in [3.8, 4) is 0 Å². The van der Waals surface area contributed by atoms with Gasteiger partial charge in [-0.05, 0) is 19.5 Å². The molecule has 0 aliphatic carbocycles. The Morgan fingerprint density at radius 3 is 3.00 bits per heavy atom. The molecule has 6 nitrogen and oxygen atoms in total. The average Bonchev–Trinajstić information content (AvgIpc) is 3.15. The summed E-state index contributed by atoms with van der Waals surface area (Å²) in [5.41, 5.74) is 2.81. The van der Waals surface area contributed by atoms with E-state index in [0.717, 1.165) is 63.4 Å². The standard InChI is InChI=1S/C15H25N5O/c1-3-19(4-2)11-6-8-20(10-11)15(21)14-12-9-16-7-5-13(12)17-18-14/h11,16H,3-10H2,1-2H3,(H,17,18). The van der Waals surface area contributed by atoms with Crippen molar-refractivity contribution in [2.45, 2.75) is 39.3 Å². The number of amides is 1. The third-order valence-corrected chi connectivity index (χ3v) is 4.79. The first-order valence-corrected chi connectivity index (χ1v) is 8.04. The van der Waals surface area contributed by atoms with E-state index in [0.29, 0.717) is 11.7 Å². The number of hydrogen-bond acceptors (Lipinski definition) is 4. The van der Waals surface area contributed by atoms with Crippen molar-refractivity contribution in [3.63, 3.8) is 0 Å². The first kappa shape index (κ1) is 14.5. The fourth-order valence-electron chi connectivity index (χ4n) is 3.52. The number of likely N-dealkylation sites (tertiary alicyclic amines) is 1. The maximum absolute atomic E-state index is 12.7. The quantitative estimate of drug-likeness (QED) is 0.853. The van der Waals surface area contributed by atoms with Crippen LogP contribution in [0.25, 0.3) is 0 Å². The zero-order chi connectivity index (χ0) is 14.8. The molecule has 1 atom stereocenters. The molecule has 0 radical (unpaired) electrons. The molecule has 1 aromatic heterocycles. The number of carbonyl (C=O) groups is 1. The minimum Gasteiger partial charge on any atom is -0.336 e. The van der Waals surface area contributed by atoms with Crippen LogP contribution in [0, 0.1) is 0 Å². The Hall–Kier alpha value is -1.40. The summed E-state index contributed by atoms with van der Waals surface area (Å²) < 4.78 is 0. The minimum absolute atomic E-state index is 0.0888. The van der Waals surface area contributed by atoms with E-state index in [1.807, 2.05) is 4.90 Å². The van der Waals surface area contributed by atoms with E-state index in [2.05, 4.69) is 34.3 Å². The van der Waals surface area contributed by atoms with Crippen molar-refractivity contribution in [3.05, 3.63) is 17.0 Å². The molecule has 6 heteroatoms. The van der Waals surface area contributed by atoms with Gasteiger partial charge in [-0.1, -0.05) is 13.8 Å². The topological polar surface area (TPSA) is 64.3 Å². The molecule has 0 aromatic carbocycles. The third kappa shape index (κ3) is 2.70. The van der Waals surface area contributed by atoms with Crippen molar-refractivity contribution in [2.75, 3.05) is 32.7 Å². The van der Waals surface area contributed by atoms with Crippen molar-refractivity contribution < 1.29 is 4.79 Å². The van der Waals surface area contributed by atoms with Crippen molar-refractivity contribution in [1.29, 1.82) is 0 Å². The molecule has 3 rings (SSSR count). The fourth-order valence-corrected chi connectivity index (χ4v) is 3.52. The van der Waals surface area contributed by atoms with Gasteiger partial charge in [0.15, 0.2) is 5.69 Å². The Kier molecular flexibility index (Phi) is 4.26. The second kappa shape index (κ2) is 6.15. The number of hydrogen-bond donors (Lipinski definition) is 2. The van der Waals surface area contributed by atoms with E-state index in [9.17, 15) is 4.79 Å². The van der Waals surface area contributed by atoms with Gasteiger partial charge in [0.25, 0.3) is 5.91 Å². The lowest BCUT2D eigenvalue weighted by molar-refractivity contribution is 0.0771. The van der Waals surface area contributed by atoms with Crippen molar-refractivity contribution >= 4 is 5.91 Å². The molecule has 1 unspecified atom stereocenters. The number of aromatic amines is 1. The van der Waals surface area contributed by atoms with E-state index in [4.69, 9.17) is 0 Å².